The molecule has 0 spiro atoms. The molecule has 124 valence electrons. The molecule has 1 aliphatic rings. The molecule has 4 nitrogen and oxygen atoms in total. The summed E-state index contributed by atoms with van der Waals surface area (Å²) in [6.07, 6.45) is 0.989. The van der Waals surface area contributed by atoms with Gasteiger partial charge in [-0.3, -0.25) is 4.90 Å². The van der Waals surface area contributed by atoms with Crippen LogP contribution in [0.5, 0.6) is 5.75 Å². The molecule has 0 aromatic heterocycles. The van der Waals surface area contributed by atoms with Gasteiger partial charge in [0.2, 0.25) is 0 Å². The number of aromatic hydroxyl groups is 1. The number of nitrogens with zero attached hydrogens (tertiary/aromatic N) is 2. The van der Waals surface area contributed by atoms with Crippen molar-refractivity contribution >= 4 is 24.8 Å². The molecular formula is C16H25Cl2N3O. The van der Waals surface area contributed by atoms with Crippen molar-refractivity contribution in [2.24, 2.45) is 5.92 Å². The highest BCUT2D eigenvalue weighted by Crippen LogP contribution is 2.34. The van der Waals surface area contributed by atoms with Gasteiger partial charge >= 0.3 is 0 Å². The van der Waals surface area contributed by atoms with Gasteiger partial charge in [-0.2, -0.15) is 5.26 Å². The number of nitrogens with one attached hydrogen (secondary N) is 1. The van der Waals surface area contributed by atoms with E-state index in [1.165, 1.54) is 0 Å². The fraction of sp³-hybridized carbons (Fsp3) is 0.562. The Balaban J connectivity index is 0.00000220. The second kappa shape index (κ2) is 9.91. The van der Waals surface area contributed by atoms with E-state index in [4.69, 9.17) is 5.26 Å². The molecule has 1 aromatic rings. The van der Waals surface area contributed by atoms with Gasteiger partial charge in [0.05, 0.1) is 11.6 Å². The largest absolute Gasteiger partial charge is 0.508 e. The Labute approximate surface area is 145 Å². The summed E-state index contributed by atoms with van der Waals surface area (Å²) in [5, 5.41) is 22.6. The number of phenols is 1. The lowest BCUT2D eigenvalue weighted by molar-refractivity contribution is 0.151. The van der Waals surface area contributed by atoms with Crippen LogP contribution < -0.4 is 5.32 Å². The minimum Gasteiger partial charge on any atom is -0.508 e. The van der Waals surface area contributed by atoms with E-state index in [2.05, 4.69) is 30.1 Å². The van der Waals surface area contributed by atoms with Gasteiger partial charge in [-0.05, 0) is 30.5 Å². The Morgan fingerprint density at radius 2 is 1.91 bits per heavy atom. The molecule has 0 bridgehead atoms. The van der Waals surface area contributed by atoms with E-state index in [1.54, 1.807) is 12.1 Å². The van der Waals surface area contributed by atoms with Crippen molar-refractivity contribution in [3.05, 3.63) is 29.3 Å². The zero-order valence-electron chi connectivity index (χ0n) is 13.1. The second-order valence-electron chi connectivity index (χ2n) is 5.82. The number of piperazine rings is 1. The molecule has 6 heteroatoms. The molecule has 22 heavy (non-hydrogen) atoms. The number of rotatable bonds is 4. The van der Waals surface area contributed by atoms with Crippen molar-refractivity contribution in [1.29, 1.82) is 5.26 Å². The first-order valence-electron chi connectivity index (χ1n) is 7.29. The topological polar surface area (TPSA) is 59.3 Å². The van der Waals surface area contributed by atoms with E-state index in [0.717, 1.165) is 38.2 Å². The van der Waals surface area contributed by atoms with Gasteiger partial charge in [-0.15, -0.1) is 24.8 Å². The predicted octanol–water partition coefficient (Wildman–Crippen LogP) is 3.10. The van der Waals surface area contributed by atoms with Crippen molar-refractivity contribution in [1.82, 2.24) is 10.2 Å². The smallest absolute Gasteiger partial charge is 0.120 e. The molecule has 1 aromatic carbocycles. The monoisotopic (exact) mass is 345 g/mol. The Bertz CT molecular complexity index is 497. The fourth-order valence-electron chi connectivity index (χ4n) is 2.80. The highest BCUT2D eigenvalue weighted by atomic mass is 35.5. The molecule has 1 atom stereocenters. The third-order valence-electron chi connectivity index (χ3n) is 3.80. The molecule has 1 heterocycles. The summed E-state index contributed by atoms with van der Waals surface area (Å²) in [6.45, 7) is 8.31. The number of hydrogen-bond acceptors (Lipinski definition) is 4. The number of halogens is 2. The van der Waals surface area contributed by atoms with Crippen LogP contribution in [0.3, 0.4) is 0 Å². The average Bonchev–Trinajstić information content (AvgIpc) is 2.46. The van der Waals surface area contributed by atoms with Gasteiger partial charge < -0.3 is 10.4 Å². The Morgan fingerprint density at radius 1 is 1.27 bits per heavy atom. The van der Waals surface area contributed by atoms with Crippen LogP contribution in [0.1, 0.15) is 37.4 Å². The zero-order chi connectivity index (χ0) is 14.5. The summed E-state index contributed by atoms with van der Waals surface area (Å²) in [6, 6.07) is 7.50. The quantitative estimate of drug-likeness (QED) is 0.880. The maximum atomic E-state index is 10.2. The molecule has 0 aliphatic carbocycles. The average molecular weight is 346 g/mol. The van der Waals surface area contributed by atoms with Crippen molar-refractivity contribution in [3.8, 4) is 11.8 Å². The van der Waals surface area contributed by atoms with E-state index < -0.39 is 0 Å². The van der Waals surface area contributed by atoms with Crippen LogP contribution in [0.25, 0.3) is 0 Å². The van der Waals surface area contributed by atoms with Crippen LogP contribution >= 0.6 is 24.8 Å². The van der Waals surface area contributed by atoms with Gasteiger partial charge in [0.1, 0.15) is 5.75 Å². The Morgan fingerprint density at radius 3 is 2.45 bits per heavy atom. The zero-order valence-corrected chi connectivity index (χ0v) is 14.7. The SMILES string of the molecule is CC(C)C[C@H](c1cc(C#N)ccc1O)N1CCNCC1.Cl.Cl. The van der Waals surface area contributed by atoms with Gasteiger partial charge in [-0.25, -0.2) is 0 Å². The minimum atomic E-state index is 0. The first-order valence-corrected chi connectivity index (χ1v) is 7.29. The summed E-state index contributed by atoms with van der Waals surface area (Å²) < 4.78 is 0. The highest BCUT2D eigenvalue weighted by Gasteiger charge is 2.25. The lowest BCUT2D eigenvalue weighted by Crippen LogP contribution is -2.45. The molecule has 1 aliphatic heterocycles. The van der Waals surface area contributed by atoms with E-state index in [1.807, 2.05) is 6.07 Å². The number of hydrogen-bond donors (Lipinski definition) is 2. The molecule has 0 radical (unpaired) electrons. The van der Waals surface area contributed by atoms with Crippen molar-refractivity contribution in [3.63, 3.8) is 0 Å². The highest BCUT2D eigenvalue weighted by molar-refractivity contribution is 5.85. The van der Waals surface area contributed by atoms with E-state index in [0.29, 0.717) is 17.2 Å². The summed E-state index contributed by atoms with van der Waals surface area (Å²) >= 11 is 0. The lowest BCUT2D eigenvalue weighted by Gasteiger charge is -2.36. The van der Waals surface area contributed by atoms with E-state index in [9.17, 15) is 5.11 Å². The van der Waals surface area contributed by atoms with Crippen molar-refractivity contribution in [2.45, 2.75) is 26.3 Å². The fourth-order valence-corrected chi connectivity index (χ4v) is 2.80. The van der Waals surface area contributed by atoms with Crippen molar-refractivity contribution < 1.29 is 5.11 Å². The maximum Gasteiger partial charge on any atom is 0.120 e. The van der Waals surface area contributed by atoms with Gasteiger partial charge in [0.25, 0.3) is 0 Å². The summed E-state index contributed by atoms with van der Waals surface area (Å²) in [5.41, 5.74) is 1.50. The molecule has 1 saturated heterocycles. The van der Waals surface area contributed by atoms with Gasteiger partial charge in [-0.1, -0.05) is 13.8 Å². The molecule has 1 fully saturated rings. The van der Waals surface area contributed by atoms with Gasteiger partial charge in [0, 0.05) is 37.8 Å². The van der Waals surface area contributed by atoms with E-state index >= 15 is 0 Å². The van der Waals surface area contributed by atoms with Gasteiger partial charge in [0.15, 0.2) is 0 Å². The molecule has 0 unspecified atom stereocenters. The number of nitriles is 1. The Kier molecular flexibility index (Phi) is 9.47. The molecule has 0 saturated carbocycles. The first kappa shape index (κ1) is 21.0. The third-order valence-corrected chi connectivity index (χ3v) is 3.80. The van der Waals surface area contributed by atoms with Crippen LogP contribution in [0, 0.1) is 17.2 Å². The lowest BCUT2D eigenvalue weighted by atomic mass is 9.93. The van der Waals surface area contributed by atoms with Crippen molar-refractivity contribution in [2.75, 3.05) is 26.2 Å². The summed E-state index contributed by atoms with van der Waals surface area (Å²) in [7, 11) is 0. The minimum absolute atomic E-state index is 0. The normalized spacial score (nSPS) is 16.3. The van der Waals surface area contributed by atoms with Crippen LogP contribution in [0.4, 0.5) is 0 Å². The van der Waals surface area contributed by atoms with Crippen LogP contribution in [0.15, 0.2) is 18.2 Å². The standard InChI is InChI=1S/C16H23N3O.2ClH/c1-12(2)9-15(19-7-5-18-6-8-19)14-10-13(11-17)3-4-16(14)20;;/h3-4,10,12,15,18,20H,5-9H2,1-2H3;2*1H/t15-;;/m1../s1. The molecular weight excluding hydrogens is 321 g/mol. The van der Waals surface area contributed by atoms with Crippen LogP contribution in [0.2, 0.25) is 0 Å². The second-order valence-corrected chi connectivity index (χ2v) is 5.82. The number of phenolic OH excluding ortho intramolecular Hbond substituents is 1. The molecule has 2 N–H and O–H groups in total. The predicted molar refractivity (Wildman–Crippen MR) is 94.0 cm³/mol. The summed E-state index contributed by atoms with van der Waals surface area (Å²) in [4.78, 5) is 2.41. The number of benzene rings is 1. The van der Waals surface area contributed by atoms with E-state index in [-0.39, 0.29) is 30.9 Å². The Hall–Kier alpha value is -0.990. The first-order chi connectivity index (χ1) is 9.61. The van der Waals surface area contributed by atoms with Crippen LogP contribution in [-0.4, -0.2) is 36.2 Å². The maximum absolute atomic E-state index is 10.2. The van der Waals surface area contributed by atoms with Crippen LogP contribution in [-0.2, 0) is 0 Å². The molecule has 2 rings (SSSR count). The molecule has 0 amide bonds. The summed E-state index contributed by atoms with van der Waals surface area (Å²) in [5.74, 6) is 0.841. The third kappa shape index (κ3) is 5.33.